The number of hydrogen-bond donors (Lipinski definition) is 3. The third-order valence-electron chi connectivity index (χ3n) is 3.24. The summed E-state index contributed by atoms with van der Waals surface area (Å²) in [6.07, 6.45) is 1.86. The second-order valence-electron chi connectivity index (χ2n) is 4.52. The normalized spacial score (nSPS) is 18.6. The first-order chi connectivity index (χ1) is 8.49. The second kappa shape index (κ2) is 4.77. The van der Waals surface area contributed by atoms with Gasteiger partial charge in [0.05, 0.1) is 0 Å². The molecule has 1 unspecified atom stereocenters. The molecule has 5 N–H and O–H groups in total. The van der Waals surface area contributed by atoms with E-state index in [9.17, 15) is 9.59 Å². The Morgan fingerprint density at radius 2 is 2.33 bits per heavy atom. The van der Waals surface area contributed by atoms with Gasteiger partial charge in [0, 0.05) is 12.3 Å². The number of thioether (sulfide) groups is 1. The van der Waals surface area contributed by atoms with Gasteiger partial charge in [-0.25, -0.2) is 9.89 Å². The van der Waals surface area contributed by atoms with Crippen LogP contribution in [-0.2, 0) is 11.3 Å². The van der Waals surface area contributed by atoms with Gasteiger partial charge in [0.25, 0.3) is 0 Å². The maximum atomic E-state index is 11.5. The molecule has 100 valence electrons. The Labute approximate surface area is 108 Å². The molecule has 1 amide bonds. The number of rotatable bonds is 6. The third kappa shape index (κ3) is 2.30. The second-order valence-corrected chi connectivity index (χ2v) is 5.47. The average molecular weight is 271 g/mol. The first-order valence-electron chi connectivity index (χ1n) is 5.85. The van der Waals surface area contributed by atoms with Crippen LogP contribution in [0.5, 0.6) is 0 Å². The van der Waals surface area contributed by atoms with E-state index in [1.165, 1.54) is 16.3 Å². The Morgan fingerprint density at radius 3 is 2.83 bits per heavy atom. The van der Waals surface area contributed by atoms with Gasteiger partial charge >= 0.3 is 5.69 Å². The molecule has 1 fully saturated rings. The van der Waals surface area contributed by atoms with Crippen LogP contribution in [0.3, 0.4) is 0 Å². The Hall–Kier alpha value is -1.28. The van der Waals surface area contributed by atoms with Crippen molar-refractivity contribution in [3.8, 4) is 0 Å². The summed E-state index contributed by atoms with van der Waals surface area (Å²) in [5, 5.41) is 6.83. The van der Waals surface area contributed by atoms with Crippen LogP contribution in [0.1, 0.15) is 19.8 Å². The molecule has 1 saturated carbocycles. The average Bonchev–Trinajstić information content (AvgIpc) is 3.11. The zero-order valence-electron chi connectivity index (χ0n) is 10.2. The van der Waals surface area contributed by atoms with Gasteiger partial charge in [-0.2, -0.15) is 0 Å². The van der Waals surface area contributed by atoms with Crippen LogP contribution in [0.2, 0.25) is 0 Å². The number of H-pyrrole nitrogens is 1. The molecule has 0 aliphatic heterocycles. The van der Waals surface area contributed by atoms with E-state index < -0.39 is 11.4 Å². The van der Waals surface area contributed by atoms with Crippen molar-refractivity contribution in [1.82, 2.24) is 14.8 Å². The number of nitrogens with one attached hydrogen (secondary N) is 1. The van der Waals surface area contributed by atoms with Crippen molar-refractivity contribution in [2.24, 2.45) is 17.4 Å². The van der Waals surface area contributed by atoms with Crippen LogP contribution in [0.15, 0.2) is 9.95 Å². The van der Waals surface area contributed by atoms with E-state index in [4.69, 9.17) is 11.5 Å². The molecule has 0 radical (unpaired) electrons. The van der Waals surface area contributed by atoms with E-state index in [2.05, 4.69) is 10.2 Å². The van der Waals surface area contributed by atoms with Crippen LogP contribution in [0.25, 0.3) is 0 Å². The molecule has 1 aromatic heterocycles. The summed E-state index contributed by atoms with van der Waals surface area (Å²) in [5.41, 5.74) is 10.2. The van der Waals surface area contributed by atoms with Crippen molar-refractivity contribution >= 4 is 17.7 Å². The molecule has 1 aliphatic rings. The lowest BCUT2D eigenvalue weighted by Crippen LogP contribution is -2.56. The fourth-order valence-electron chi connectivity index (χ4n) is 1.86. The molecule has 0 spiro atoms. The number of aromatic nitrogens is 3. The minimum atomic E-state index is -1.00. The van der Waals surface area contributed by atoms with Gasteiger partial charge in [-0.15, -0.1) is 5.10 Å². The van der Waals surface area contributed by atoms with Gasteiger partial charge in [0.2, 0.25) is 5.91 Å². The zero-order chi connectivity index (χ0) is 13.3. The van der Waals surface area contributed by atoms with Crippen LogP contribution in [0.4, 0.5) is 0 Å². The van der Waals surface area contributed by atoms with E-state index in [-0.39, 0.29) is 11.6 Å². The number of aromatic amines is 1. The fraction of sp³-hybridized carbons (Fsp3) is 0.700. The molecular weight excluding hydrogens is 254 g/mol. The van der Waals surface area contributed by atoms with E-state index >= 15 is 0 Å². The number of nitrogens with zero attached hydrogens (tertiary/aromatic N) is 2. The SMILES string of the molecule is CCn1c(SCC(N)(C(N)=O)C2CC2)n[nH]c1=O. The monoisotopic (exact) mass is 271 g/mol. The molecule has 7 nitrogen and oxygen atoms in total. The number of amides is 1. The van der Waals surface area contributed by atoms with Crippen LogP contribution < -0.4 is 17.2 Å². The van der Waals surface area contributed by atoms with Crippen molar-refractivity contribution in [3.63, 3.8) is 0 Å². The molecule has 8 heteroatoms. The molecule has 0 aromatic carbocycles. The molecule has 0 bridgehead atoms. The predicted octanol–water partition coefficient (Wildman–Crippen LogP) is -0.724. The Morgan fingerprint density at radius 1 is 1.67 bits per heavy atom. The van der Waals surface area contributed by atoms with Crippen LogP contribution in [0, 0.1) is 5.92 Å². The number of hydrogen-bond acceptors (Lipinski definition) is 5. The number of carbonyl (C=O) groups excluding carboxylic acids is 1. The lowest BCUT2D eigenvalue weighted by molar-refractivity contribution is -0.123. The lowest BCUT2D eigenvalue weighted by Gasteiger charge is -2.24. The summed E-state index contributed by atoms with van der Waals surface area (Å²) in [4.78, 5) is 22.9. The highest BCUT2D eigenvalue weighted by Gasteiger charge is 2.47. The van der Waals surface area contributed by atoms with Crippen molar-refractivity contribution in [2.75, 3.05) is 5.75 Å². The first-order valence-corrected chi connectivity index (χ1v) is 6.84. The lowest BCUT2D eigenvalue weighted by atomic mass is 9.96. The van der Waals surface area contributed by atoms with Gasteiger partial charge in [-0.3, -0.25) is 9.36 Å². The van der Waals surface area contributed by atoms with Crippen molar-refractivity contribution in [1.29, 1.82) is 0 Å². The number of carbonyl (C=O) groups is 1. The van der Waals surface area contributed by atoms with E-state index in [0.29, 0.717) is 17.5 Å². The topological polar surface area (TPSA) is 120 Å². The van der Waals surface area contributed by atoms with Crippen LogP contribution in [-0.4, -0.2) is 32.0 Å². The van der Waals surface area contributed by atoms with Crippen molar-refractivity contribution in [2.45, 2.75) is 37.0 Å². The number of primary amides is 1. The molecule has 1 heterocycles. The van der Waals surface area contributed by atoms with Crippen LogP contribution >= 0.6 is 11.8 Å². The standard InChI is InChI=1S/C10H17N5O2S/c1-2-15-8(17)13-14-9(15)18-5-10(12,7(11)16)6-3-4-6/h6H,2-5,12H2,1H3,(H2,11,16)(H,13,17). The molecule has 2 rings (SSSR count). The maximum absolute atomic E-state index is 11.5. The summed E-state index contributed by atoms with van der Waals surface area (Å²) >= 11 is 1.29. The summed E-state index contributed by atoms with van der Waals surface area (Å²) in [6.45, 7) is 2.38. The van der Waals surface area contributed by atoms with Gasteiger partial charge in [-0.1, -0.05) is 11.8 Å². The van der Waals surface area contributed by atoms with E-state index in [1.54, 1.807) is 0 Å². The highest BCUT2D eigenvalue weighted by molar-refractivity contribution is 7.99. The summed E-state index contributed by atoms with van der Waals surface area (Å²) in [5.74, 6) is 0.0128. The highest BCUT2D eigenvalue weighted by atomic mass is 32.2. The summed E-state index contributed by atoms with van der Waals surface area (Å²) < 4.78 is 1.50. The minimum Gasteiger partial charge on any atom is -0.368 e. The number of nitrogens with two attached hydrogens (primary N) is 2. The first kappa shape index (κ1) is 13.2. The predicted molar refractivity (Wildman–Crippen MR) is 68.1 cm³/mol. The minimum absolute atomic E-state index is 0.156. The van der Waals surface area contributed by atoms with Crippen molar-refractivity contribution < 1.29 is 4.79 Å². The molecular formula is C10H17N5O2S. The van der Waals surface area contributed by atoms with Gasteiger partial charge in [0.15, 0.2) is 5.16 Å². The quantitative estimate of drug-likeness (QED) is 0.589. The van der Waals surface area contributed by atoms with Crippen molar-refractivity contribution in [3.05, 3.63) is 10.5 Å². The van der Waals surface area contributed by atoms with Gasteiger partial charge < -0.3 is 11.5 Å². The molecule has 1 aromatic rings. The maximum Gasteiger partial charge on any atom is 0.343 e. The van der Waals surface area contributed by atoms with Gasteiger partial charge in [-0.05, 0) is 25.7 Å². The highest BCUT2D eigenvalue weighted by Crippen LogP contribution is 2.40. The van der Waals surface area contributed by atoms with Gasteiger partial charge in [0.1, 0.15) is 5.54 Å². The largest absolute Gasteiger partial charge is 0.368 e. The molecule has 0 saturated heterocycles. The van der Waals surface area contributed by atoms with E-state index in [1.807, 2.05) is 6.92 Å². The molecule has 18 heavy (non-hydrogen) atoms. The Balaban J connectivity index is 2.10. The Bertz CT molecular complexity index is 507. The summed E-state index contributed by atoms with van der Waals surface area (Å²) in [6, 6.07) is 0. The fourth-order valence-corrected chi connectivity index (χ4v) is 3.09. The molecule has 1 aliphatic carbocycles. The smallest absolute Gasteiger partial charge is 0.343 e. The molecule has 1 atom stereocenters. The summed E-state index contributed by atoms with van der Waals surface area (Å²) in [7, 11) is 0. The third-order valence-corrected chi connectivity index (χ3v) is 4.44. The van der Waals surface area contributed by atoms with E-state index in [0.717, 1.165) is 12.8 Å². The Kier molecular flexibility index (Phi) is 3.49. The zero-order valence-corrected chi connectivity index (χ0v) is 11.0.